The quantitative estimate of drug-likeness (QED) is 0.435. The van der Waals surface area contributed by atoms with E-state index >= 15 is 0 Å². The number of carbonyl (C=O) groups excluding carboxylic acids is 2. The number of benzene rings is 2. The summed E-state index contributed by atoms with van der Waals surface area (Å²) >= 11 is 1.43. The molecule has 2 aliphatic rings. The topological polar surface area (TPSA) is 80.7 Å². The first-order valence-corrected chi connectivity index (χ1v) is 12.9. The molecule has 0 bridgehead atoms. The van der Waals surface area contributed by atoms with Gasteiger partial charge in [0.25, 0.3) is 0 Å². The average Bonchev–Trinajstić information content (AvgIpc) is 3.32. The van der Waals surface area contributed by atoms with Crippen LogP contribution in [0.25, 0.3) is 0 Å². The van der Waals surface area contributed by atoms with E-state index in [0.717, 1.165) is 11.3 Å². The lowest BCUT2D eigenvalue weighted by atomic mass is 9.92. The normalized spacial score (nSPS) is 16.6. The van der Waals surface area contributed by atoms with Crippen LogP contribution in [0.3, 0.4) is 0 Å². The van der Waals surface area contributed by atoms with Crippen molar-refractivity contribution in [2.24, 2.45) is 4.99 Å². The Bertz CT molecular complexity index is 1270. The molecule has 0 saturated carbocycles. The predicted molar refractivity (Wildman–Crippen MR) is 144 cm³/mol. The van der Waals surface area contributed by atoms with Crippen molar-refractivity contribution in [2.45, 2.75) is 32.9 Å². The lowest BCUT2D eigenvalue weighted by Gasteiger charge is -2.37. The van der Waals surface area contributed by atoms with E-state index in [9.17, 15) is 9.59 Å². The van der Waals surface area contributed by atoms with Gasteiger partial charge in [0.1, 0.15) is 18.1 Å². The number of aliphatic imine (C=N–C) groups is 1. The van der Waals surface area contributed by atoms with E-state index in [4.69, 9.17) is 19.2 Å². The van der Waals surface area contributed by atoms with Gasteiger partial charge in [-0.1, -0.05) is 42.1 Å². The Labute approximate surface area is 221 Å². The molecule has 2 aromatic rings. The molecule has 37 heavy (non-hydrogen) atoms. The van der Waals surface area contributed by atoms with Gasteiger partial charge in [-0.05, 0) is 43.0 Å². The number of amidine groups is 1. The van der Waals surface area contributed by atoms with Crippen LogP contribution in [-0.2, 0) is 20.9 Å². The van der Waals surface area contributed by atoms with Gasteiger partial charge in [-0.25, -0.2) is 9.79 Å². The number of hydrogen-bond donors (Lipinski definition) is 0. The van der Waals surface area contributed by atoms with E-state index in [1.54, 1.807) is 39.2 Å². The summed E-state index contributed by atoms with van der Waals surface area (Å²) in [5.74, 6) is 0.703. The number of ether oxygens (including phenoxy) is 3. The van der Waals surface area contributed by atoms with Crippen LogP contribution in [-0.4, -0.2) is 54.7 Å². The number of esters is 1. The largest absolute Gasteiger partial charge is 0.497 e. The maximum Gasteiger partial charge on any atom is 0.338 e. The fourth-order valence-electron chi connectivity index (χ4n) is 4.25. The predicted octanol–water partition coefficient (Wildman–Crippen LogP) is 4.89. The molecule has 0 aliphatic carbocycles. The number of amides is 1. The zero-order valence-electron chi connectivity index (χ0n) is 21.7. The second kappa shape index (κ2) is 11.6. The molecule has 0 radical (unpaired) electrons. The summed E-state index contributed by atoms with van der Waals surface area (Å²) in [5.41, 5.74) is 3.29. The monoisotopic (exact) mass is 521 g/mol. The van der Waals surface area contributed by atoms with Crippen molar-refractivity contribution in [3.8, 4) is 11.5 Å². The van der Waals surface area contributed by atoms with Crippen molar-refractivity contribution in [1.29, 1.82) is 0 Å². The molecule has 2 aliphatic heterocycles. The number of fused-ring (bicyclic) bond motifs is 1. The molecular formula is C28H31N3O5S. The number of rotatable bonds is 9. The maximum atomic E-state index is 13.6. The van der Waals surface area contributed by atoms with Crippen molar-refractivity contribution in [2.75, 3.05) is 27.8 Å². The molecule has 1 amide bonds. The molecule has 0 saturated heterocycles. The van der Waals surface area contributed by atoms with E-state index in [-0.39, 0.29) is 18.9 Å². The maximum absolute atomic E-state index is 13.6. The van der Waals surface area contributed by atoms with Gasteiger partial charge in [0.2, 0.25) is 5.91 Å². The minimum absolute atomic E-state index is 0.0218. The van der Waals surface area contributed by atoms with Gasteiger partial charge < -0.3 is 24.0 Å². The molecule has 4 rings (SSSR count). The molecule has 194 valence electrons. The molecule has 8 nitrogen and oxygen atoms in total. The summed E-state index contributed by atoms with van der Waals surface area (Å²) in [6.07, 6.45) is 0.171. The van der Waals surface area contributed by atoms with Crippen molar-refractivity contribution in [1.82, 2.24) is 9.80 Å². The summed E-state index contributed by atoms with van der Waals surface area (Å²) < 4.78 is 17.0. The van der Waals surface area contributed by atoms with Crippen LogP contribution < -0.4 is 9.47 Å². The molecule has 0 fully saturated rings. The summed E-state index contributed by atoms with van der Waals surface area (Å²) in [5, 5.41) is 2.61. The van der Waals surface area contributed by atoms with E-state index in [1.807, 2.05) is 59.7 Å². The molecule has 2 heterocycles. The number of carbonyl (C=O) groups is 2. The SMILES string of the molecule is CCN(C)C(=O)CC1=CSC2=NC(C)=C(C(=O)OCc3ccccc3)[C@@H](c3cc(OC)ccc3OC)N12. The highest BCUT2D eigenvalue weighted by Crippen LogP contribution is 2.47. The van der Waals surface area contributed by atoms with Gasteiger partial charge in [0, 0.05) is 24.9 Å². The number of methoxy groups -OCH3 is 2. The van der Waals surface area contributed by atoms with Crippen LogP contribution in [0.1, 0.15) is 37.4 Å². The second-order valence-electron chi connectivity index (χ2n) is 8.65. The summed E-state index contributed by atoms with van der Waals surface area (Å²) in [6.45, 7) is 4.47. The first kappa shape index (κ1) is 26.3. The van der Waals surface area contributed by atoms with E-state index in [2.05, 4.69) is 0 Å². The Balaban J connectivity index is 1.77. The molecular weight excluding hydrogens is 490 g/mol. The minimum atomic E-state index is -0.623. The van der Waals surface area contributed by atoms with Gasteiger partial charge in [0.15, 0.2) is 5.17 Å². The lowest BCUT2D eigenvalue weighted by Crippen LogP contribution is -2.38. The number of thioether (sulfide) groups is 1. The highest BCUT2D eigenvalue weighted by atomic mass is 32.2. The second-order valence-corrected chi connectivity index (χ2v) is 9.48. The van der Waals surface area contributed by atoms with Gasteiger partial charge in [-0.15, -0.1) is 0 Å². The Morgan fingerprint density at radius 2 is 1.86 bits per heavy atom. The highest BCUT2D eigenvalue weighted by molar-refractivity contribution is 8.16. The van der Waals surface area contributed by atoms with Gasteiger partial charge in [-0.2, -0.15) is 0 Å². The fraction of sp³-hybridized carbons (Fsp3) is 0.321. The van der Waals surface area contributed by atoms with E-state index < -0.39 is 12.0 Å². The van der Waals surface area contributed by atoms with Crippen molar-refractivity contribution >= 4 is 28.8 Å². The Morgan fingerprint density at radius 3 is 2.54 bits per heavy atom. The molecule has 0 aromatic heterocycles. The van der Waals surface area contributed by atoms with E-state index in [1.165, 1.54) is 11.8 Å². The van der Waals surface area contributed by atoms with Crippen molar-refractivity contribution in [3.63, 3.8) is 0 Å². The number of nitrogens with zero attached hydrogens (tertiary/aromatic N) is 3. The third-order valence-corrected chi connectivity index (χ3v) is 7.29. The van der Waals surface area contributed by atoms with Gasteiger partial charge in [0.05, 0.1) is 38.0 Å². The van der Waals surface area contributed by atoms with Gasteiger partial charge in [-0.3, -0.25) is 4.79 Å². The van der Waals surface area contributed by atoms with Crippen LogP contribution >= 0.6 is 11.8 Å². The van der Waals surface area contributed by atoms with E-state index in [0.29, 0.717) is 40.0 Å². The average molecular weight is 522 g/mol. The number of allylic oxidation sites excluding steroid dienone is 1. The smallest absolute Gasteiger partial charge is 0.338 e. The molecule has 0 spiro atoms. The first-order valence-electron chi connectivity index (χ1n) is 12.0. The van der Waals surface area contributed by atoms with Crippen molar-refractivity contribution < 1.29 is 23.8 Å². The lowest BCUT2D eigenvalue weighted by molar-refractivity contribution is -0.141. The Kier molecular flexibility index (Phi) is 8.23. The molecule has 2 aromatic carbocycles. The van der Waals surface area contributed by atoms with Crippen LogP contribution in [0.15, 0.2) is 75.9 Å². The van der Waals surface area contributed by atoms with Gasteiger partial charge >= 0.3 is 5.97 Å². The Morgan fingerprint density at radius 1 is 1.11 bits per heavy atom. The molecule has 0 N–H and O–H groups in total. The summed E-state index contributed by atoms with van der Waals surface area (Å²) in [4.78, 5) is 34.9. The van der Waals surface area contributed by atoms with Crippen LogP contribution in [0.2, 0.25) is 0 Å². The highest BCUT2D eigenvalue weighted by Gasteiger charge is 2.42. The minimum Gasteiger partial charge on any atom is -0.497 e. The molecule has 0 unspecified atom stereocenters. The number of hydrogen-bond acceptors (Lipinski definition) is 8. The first-order chi connectivity index (χ1) is 17.9. The van der Waals surface area contributed by atoms with Crippen LogP contribution in [0.5, 0.6) is 11.5 Å². The third-order valence-electron chi connectivity index (χ3n) is 6.40. The molecule has 1 atom stereocenters. The molecule has 9 heteroatoms. The fourth-order valence-corrected chi connectivity index (χ4v) is 5.21. The van der Waals surface area contributed by atoms with Crippen LogP contribution in [0.4, 0.5) is 0 Å². The summed E-state index contributed by atoms with van der Waals surface area (Å²) in [7, 11) is 4.95. The Hall–Kier alpha value is -3.72. The van der Waals surface area contributed by atoms with Crippen molar-refractivity contribution in [3.05, 3.63) is 82.0 Å². The summed E-state index contributed by atoms with van der Waals surface area (Å²) in [6, 6.07) is 14.4. The standard InChI is InChI=1S/C28H31N3O5S/c1-6-30(3)24(32)14-20-17-37-28-29-18(2)25(27(33)36-16-19-10-8-7-9-11-19)26(31(20)28)22-15-21(34-4)12-13-23(22)35-5/h7-13,15,17,26H,6,14,16H2,1-5H3/t26-/m1/s1. The van der Waals surface area contributed by atoms with Crippen LogP contribution in [0, 0.1) is 0 Å². The third kappa shape index (κ3) is 5.51. The zero-order valence-corrected chi connectivity index (χ0v) is 22.5. The zero-order chi connectivity index (χ0) is 26.5.